The summed E-state index contributed by atoms with van der Waals surface area (Å²) < 4.78 is 5.46. The van der Waals surface area contributed by atoms with Crippen molar-refractivity contribution in [1.29, 1.82) is 0 Å². The summed E-state index contributed by atoms with van der Waals surface area (Å²) in [6.07, 6.45) is 5.38. The zero-order chi connectivity index (χ0) is 13.2. The molecule has 2 aliphatic rings. The number of likely N-dealkylation sites (N-methyl/N-ethyl adjacent to an activating group) is 1. The van der Waals surface area contributed by atoms with E-state index in [1.807, 2.05) is 7.05 Å². The van der Waals surface area contributed by atoms with Crippen molar-refractivity contribution in [3.8, 4) is 0 Å². The fourth-order valence-corrected chi connectivity index (χ4v) is 3.40. The van der Waals surface area contributed by atoms with Crippen molar-refractivity contribution in [2.45, 2.75) is 49.8 Å². The zero-order valence-corrected chi connectivity index (χ0v) is 11.4. The van der Waals surface area contributed by atoms with Gasteiger partial charge in [0.25, 0.3) is 0 Å². The van der Waals surface area contributed by atoms with Gasteiger partial charge in [-0.1, -0.05) is 0 Å². The molecule has 0 bridgehead atoms. The molecule has 3 N–H and O–H groups in total. The van der Waals surface area contributed by atoms with E-state index in [0.29, 0.717) is 12.1 Å². The van der Waals surface area contributed by atoms with E-state index in [-0.39, 0.29) is 5.91 Å². The Hall–Kier alpha value is -0.650. The second-order valence-electron chi connectivity index (χ2n) is 5.59. The first kappa shape index (κ1) is 13.8. The molecular weight excluding hydrogens is 230 g/mol. The van der Waals surface area contributed by atoms with Crippen LogP contribution in [-0.2, 0) is 9.53 Å². The lowest BCUT2D eigenvalue weighted by atomic mass is 9.96. The molecule has 0 aromatic carbocycles. The molecule has 2 fully saturated rings. The van der Waals surface area contributed by atoms with Crippen molar-refractivity contribution in [1.82, 2.24) is 10.2 Å². The number of methoxy groups -OCH3 is 1. The second kappa shape index (κ2) is 5.55. The Morgan fingerprint density at radius 1 is 1.50 bits per heavy atom. The summed E-state index contributed by atoms with van der Waals surface area (Å²) in [7, 11) is 3.62. The van der Waals surface area contributed by atoms with Crippen LogP contribution >= 0.6 is 0 Å². The van der Waals surface area contributed by atoms with E-state index >= 15 is 0 Å². The van der Waals surface area contributed by atoms with E-state index in [9.17, 15) is 4.79 Å². The second-order valence-corrected chi connectivity index (χ2v) is 5.59. The molecule has 0 aromatic rings. The summed E-state index contributed by atoms with van der Waals surface area (Å²) in [6, 6.07) is 0.461. The lowest BCUT2D eigenvalue weighted by Gasteiger charge is -2.37. The molecule has 0 radical (unpaired) electrons. The number of hydrogen-bond donors (Lipinski definition) is 2. The molecule has 1 saturated carbocycles. The van der Waals surface area contributed by atoms with Gasteiger partial charge in [-0.15, -0.1) is 0 Å². The quantitative estimate of drug-likeness (QED) is 0.747. The average Bonchev–Trinajstić information content (AvgIpc) is 2.84. The first-order valence-corrected chi connectivity index (χ1v) is 6.87. The highest BCUT2D eigenvalue weighted by molar-refractivity contribution is 5.85. The number of nitrogens with zero attached hydrogens (tertiary/aromatic N) is 1. The molecule has 0 spiro atoms. The molecule has 104 valence electrons. The normalized spacial score (nSPS) is 37.9. The first-order valence-electron chi connectivity index (χ1n) is 6.87. The third-order valence-electron chi connectivity index (χ3n) is 4.70. The number of nitrogens with two attached hydrogens (primary N) is 1. The molecule has 1 amide bonds. The molecule has 1 heterocycles. The fraction of sp³-hybridized carbons (Fsp3) is 0.923. The van der Waals surface area contributed by atoms with E-state index in [2.05, 4.69) is 10.2 Å². The minimum absolute atomic E-state index is 0.215. The van der Waals surface area contributed by atoms with Gasteiger partial charge in [-0.05, 0) is 45.7 Å². The van der Waals surface area contributed by atoms with E-state index in [1.165, 1.54) is 6.42 Å². The van der Waals surface area contributed by atoms with Gasteiger partial charge < -0.3 is 15.8 Å². The lowest BCUT2D eigenvalue weighted by Crippen LogP contribution is -2.53. The number of nitrogens with one attached hydrogen (secondary N) is 1. The minimum Gasteiger partial charge on any atom is -0.380 e. The van der Waals surface area contributed by atoms with Gasteiger partial charge in [0.1, 0.15) is 0 Å². The van der Waals surface area contributed by atoms with Crippen molar-refractivity contribution in [3.05, 3.63) is 0 Å². The van der Waals surface area contributed by atoms with Crippen molar-refractivity contribution < 1.29 is 9.53 Å². The van der Waals surface area contributed by atoms with Gasteiger partial charge in [0.2, 0.25) is 5.91 Å². The van der Waals surface area contributed by atoms with Crippen LogP contribution in [0.3, 0.4) is 0 Å². The van der Waals surface area contributed by atoms with Crippen LogP contribution in [0.1, 0.15) is 32.1 Å². The maximum absolute atomic E-state index is 11.6. The number of likely N-dealkylation sites (tertiary alicyclic amines) is 1. The van der Waals surface area contributed by atoms with E-state index in [1.54, 1.807) is 7.11 Å². The molecule has 5 nitrogen and oxygen atoms in total. The van der Waals surface area contributed by atoms with Gasteiger partial charge in [0, 0.05) is 19.7 Å². The summed E-state index contributed by atoms with van der Waals surface area (Å²) in [6.45, 7) is 2.10. The number of rotatable bonds is 4. The maximum Gasteiger partial charge on any atom is 0.237 e. The van der Waals surface area contributed by atoms with Crippen molar-refractivity contribution in [2.24, 2.45) is 5.73 Å². The topological polar surface area (TPSA) is 67.6 Å². The number of carbonyl (C=O) groups is 1. The highest BCUT2D eigenvalue weighted by Crippen LogP contribution is 2.34. The number of hydrogen-bond acceptors (Lipinski definition) is 4. The van der Waals surface area contributed by atoms with E-state index < -0.39 is 5.54 Å². The van der Waals surface area contributed by atoms with Crippen LogP contribution in [0.4, 0.5) is 0 Å². The van der Waals surface area contributed by atoms with Crippen LogP contribution in [0.15, 0.2) is 0 Å². The highest BCUT2D eigenvalue weighted by Gasteiger charge is 2.45. The van der Waals surface area contributed by atoms with Crippen molar-refractivity contribution in [2.75, 3.05) is 27.2 Å². The first-order chi connectivity index (χ1) is 8.61. The Morgan fingerprint density at radius 2 is 2.28 bits per heavy atom. The summed E-state index contributed by atoms with van der Waals surface area (Å²) in [5, 5.41) is 3.14. The number of ether oxygens (including phenoxy) is 1. The highest BCUT2D eigenvalue weighted by atomic mass is 16.5. The van der Waals surface area contributed by atoms with Crippen molar-refractivity contribution >= 4 is 5.91 Å². The van der Waals surface area contributed by atoms with Crippen LogP contribution in [0.5, 0.6) is 0 Å². The summed E-state index contributed by atoms with van der Waals surface area (Å²) in [5.74, 6) is -0.215. The zero-order valence-electron chi connectivity index (χ0n) is 11.4. The predicted molar refractivity (Wildman–Crippen MR) is 70.2 cm³/mol. The molecule has 1 aliphatic heterocycles. The van der Waals surface area contributed by atoms with Crippen molar-refractivity contribution in [3.63, 3.8) is 0 Å². The van der Waals surface area contributed by atoms with Gasteiger partial charge >= 0.3 is 0 Å². The number of carbonyl (C=O) groups excluding carboxylic acids is 1. The summed E-state index contributed by atoms with van der Waals surface area (Å²) in [5.41, 5.74) is 5.05. The minimum atomic E-state index is -0.495. The molecule has 1 saturated heterocycles. The van der Waals surface area contributed by atoms with Crippen LogP contribution in [0, 0.1) is 0 Å². The largest absolute Gasteiger partial charge is 0.380 e. The van der Waals surface area contributed by atoms with Gasteiger partial charge in [-0.3, -0.25) is 9.69 Å². The molecule has 18 heavy (non-hydrogen) atoms. The summed E-state index contributed by atoms with van der Waals surface area (Å²) >= 11 is 0. The Kier molecular flexibility index (Phi) is 4.25. The van der Waals surface area contributed by atoms with Crippen LogP contribution in [0.2, 0.25) is 0 Å². The lowest BCUT2D eigenvalue weighted by molar-refractivity contribution is -0.124. The SMILES string of the molecule is CNC1(C(N)=O)CCC(N2CCCC(OC)C2)C1. The molecule has 0 aromatic heterocycles. The number of primary amides is 1. The third-order valence-corrected chi connectivity index (χ3v) is 4.70. The Bertz CT molecular complexity index is 311. The number of piperidine rings is 1. The van der Waals surface area contributed by atoms with Crippen LogP contribution in [-0.4, -0.2) is 55.7 Å². The number of amides is 1. The van der Waals surface area contributed by atoms with E-state index in [0.717, 1.165) is 38.8 Å². The third kappa shape index (κ3) is 2.53. The Labute approximate surface area is 109 Å². The van der Waals surface area contributed by atoms with Crippen LogP contribution < -0.4 is 11.1 Å². The Morgan fingerprint density at radius 3 is 2.83 bits per heavy atom. The van der Waals surface area contributed by atoms with Gasteiger partial charge in [-0.2, -0.15) is 0 Å². The van der Waals surface area contributed by atoms with E-state index in [4.69, 9.17) is 10.5 Å². The molecule has 1 aliphatic carbocycles. The summed E-state index contributed by atoms with van der Waals surface area (Å²) in [4.78, 5) is 14.1. The molecule has 5 heteroatoms. The smallest absolute Gasteiger partial charge is 0.237 e. The van der Waals surface area contributed by atoms with Crippen LogP contribution in [0.25, 0.3) is 0 Å². The maximum atomic E-state index is 11.6. The monoisotopic (exact) mass is 255 g/mol. The van der Waals surface area contributed by atoms with Gasteiger partial charge in [0.15, 0.2) is 0 Å². The molecular formula is C13H25N3O2. The fourth-order valence-electron chi connectivity index (χ4n) is 3.40. The average molecular weight is 255 g/mol. The van der Waals surface area contributed by atoms with Gasteiger partial charge in [0.05, 0.1) is 11.6 Å². The van der Waals surface area contributed by atoms with Gasteiger partial charge in [-0.25, -0.2) is 0 Å². The Balaban J connectivity index is 1.97. The molecule has 3 unspecified atom stereocenters. The molecule has 3 atom stereocenters. The standard InChI is InChI=1S/C13H25N3O2/c1-15-13(12(14)17)6-5-10(8-13)16-7-3-4-11(9-16)18-2/h10-11,15H,3-9H2,1-2H3,(H2,14,17). The molecule has 2 rings (SSSR count). The predicted octanol–water partition coefficient (Wildman–Crippen LogP) is 0.0932.